The van der Waals surface area contributed by atoms with Crippen molar-refractivity contribution in [3.05, 3.63) is 65.7 Å². The zero-order valence-corrected chi connectivity index (χ0v) is 12.9. The summed E-state index contributed by atoms with van der Waals surface area (Å²) in [6, 6.07) is 19.1. The number of hydrogen-bond acceptors (Lipinski definition) is 3. The Labute approximate surface area is 131 Å². The maximum absolute atomic E-state index is 6.21. The first-order chi connectivity index (χ1) is 10.7. The van der Waals surface area contributed by atoms with Crippen LogP contribution < -0.4 is 4.74 Å². The van der Waals surface area contributed by atoms with Gasteiger partial charge in [0.25, 0.3) is 0 Å². The minimum Gasteiger partial charge on any atom is -0.468 e. The Balaban J connectivity index is 1.76. The molecule has 0 aliphatic carbocycles. The van der Waals surface area contributed by atoms with Crippen LogP contribution in [0, 0.1) is 5.92 Å². The number of benzene rings is 2. The highest BCUT2D eigenvalue weighted by Crippen LogP contribution is 2.44. The largest absolute Gasteiger partial charge is 0.468 e. The molecule has 3 heteroatoms. The first-order valence-electron chi connectivity index (χ1n) is 7.91. The highest BCUT2D eigenvalue weighted by Gasteiger charge is 2.41. The van der Waals surface area contributed by atoms with Gasteiger partial charge in [0.1, 0.15) is 5.75 Å². The number of fused-ring (bicyclic) bond motifs is 3. The van der Waals surface area contributed by atoms with Crippen molar-refractivity contribution in [2.75, 3.05) is 0 Å². The predicted molar refractivity (Wildman–Crippen MR) is 87.9 cm³/mol. The van der Waals surface area contributed by atoms with E-state index >= 15 is 0 Å². The van der Waals surface area contributed by atoms with E-state index in [1.165, 1.54) is 11.1 Å². The third kappa shape index (κ3) is 2.08. The SMILES string of the molecule is CC(C)[C@H]1Oc2ccccc2[C@@H]2CC(c3ccccc3)=NN12. The second-order valence-corrected chi connectivity index (χ2v) is 6.30. The minimum atomic E-state index is 0.00103. The van der Waals surface area contributed by atoms with Crippen molar-refractivity contribution in [2.45, 2.75) is 32.5 Å². The lowest BCUT2D eigenvalue weighted by Crippen LogP contribution is -2.43. The zero-order chi connectivity index (χ0) is 15.1. The molecule has 2 heterocycles. The highest BCUT2D eigenvalue weighted by atomic mass is 16.5. The molecule has 2 aromatic carbocycles. The van der Waals surface area contributed by atoms with Crippen molar-refractivity contribution in [3.63, 3.8) is 0 Å². The highest BCUT2D eigenvalue weighted by molar-refractivity contribution is 6.01. The molecule has 22 heavy (non-hydrogen) atoms. The van der Waals surface area contributed by atoms with Crippen molar-refractivity contribution in [3.8, 4) is 5.75 Å². The molecule has 0 amide bonds. The Bertz CT molecular complexity index is 708. The first kappa shape index (κ1) is 13.4. The average Bonchev–Trinajstić information content (AvgIpc) is 3.00. The Morgan fingerprint density at radius 2 is 1.77 bits per heavy atom. The summed E-state index contributed by atoms with van der Waals surface area (Å²) in [5.41, 5.74) is 3.60. The van der Waals surface area contributed by atoms with Gasteiger partial charge in [-0.15, -0.1) is 0 Å². The van der Waals surface area contributed by atoms with Gasteiger partial charge in [0, 0.05) is 17.9 Å². The summed E-state index contributed by atoms with van der Waals surface area (Å²) in [7, 11) is 0. The van der Waals surface area contributed by atoms with Crippen molar-refractivity contribution < 1.29 is 4.74 Å². The van der Waals surface area contributed by atoms with Crippen molar-refractivity contribution in [1.82, 2.24) is 5.01 Å². The maximum atomic E-state index is 6.21. The number of hydrazone groups is 1. The minimum absolute atomic E-state index is 0.00103. The summed E-state index contributed by atoms with van der Waals surface area (Å²) in [4.78, 5) is 0. The smallest absolute Gasteiger partial charge is 0.190 e. The molecule has 4 rings (SSSR count). The lowest BCUT2D eigenvalue weighted by Gasteiger charge is -2.39. The van der Waals surface area contributed by atoms with Crippen LogP contribution in [-0.2, 0) is 0 Å². The van der Waals surface area contributed by atoms with Gasteiger partial charge in [-0.2, -0.15) is 5.10 Å². The molecule has 2 aliphatic heterocycles. The summed E-state index contributed by atoms with van der Waals surface area (Å²) in [5, 5.41) is 7.07. The van der Waals surface area contributed by atoms with E-state index in [4.69, 9.17) is 9.84 Å². The fourth-order valence-electron chi connectivity index (χ4n) is 3.31. The normalized spacial score (nSPS) is 22.9. The molecule has 0 saturated heterocycles. The molecule has 0 N–H and O–H groups in total. The van der Waals surface area contributed by atoms with Crippen LogP contribution in [0.1, 0.15) is 37.4 Å². The number of ether oxygens (including phenoxy) is 1. The van der Waals surface area contributed by atoms with Crippen molar-refractivity contribution in [1.29, 1.82) is 0 Å². The topological polar surface area (TPSA) is 24.8 Å². The van der Waals surface area contributed by atoms with E-state index in [9.17, 15) is 0 Å². The van der Waals surface area contributed by atoms with Gasteiger partial charge in [0.05, 0.1) is 11.8 Å². The van der Waals surface area contributed by atoms with Gasteiger partial charge in [-0.3, -0.25) is 0 Å². The molecule has 2 atom stereocenters. The van der Waals surface area contributed by atoms with E-state index in [2.05, 4.69) is 61.3 Å². The van der Waals surface area contributed by atoms with Gasteiger partial charge in [-0.05, 0) is 11.6 Å². The molecule has 0 spiro atoms. The van der Waals surface area contributed by atoms with E-state index in [0.29, 0.717) is 5.92 Å². The molecule has 0 unspecified atom stereocenters. The Kier molecular flexibility index (Phi) is 3.14. The zero-order valence-electron chi connectivity index (χ0n) is 12.9. The van der Waals surface area contributed by atoms with Gasteiger partial charge in [-0.1, -0.05) is 62.4 Å². The van der Waals surface area contributed by atoms with Gasteiger partial charge < -0.3 is 4.74 Å². The first-order valence-corrected chi connectivity index (χ1v) is 7.91. The monoisotopic (exact) mass is 292 g/mol. The summed E-state index contributed by atoms with van der Waals surface area (Å²) < 4.78 is 6.21. The number of nitrogens with zero attached hydrogens (tertiary/aromatic N) is 2. The van der Waals surface area contributed by atoms with Crippen LogP contribution in [0.15, 0.2) is 59.7 Å². The van der Waals surface area contributed by atoms with Gasteiger partial charge in [0.15, 0.2) is 6.23 Å². The fraction of sp³-hybridized carbons (Fsp3) is 0.316. The molecule has 2 aromatic rings. The van der Waals surface area contributed by atoms with Gasteiger partial charge in [0.2, 0.25) is 0 Å². The van der Waals surface area contributed by atoms with Crippen LogP contribution in [-0.4, -0.2) is 16.9 Å². The number of para-hydroxylation sites is 1. The molecule has 0 bridgehead atoms. The van der Waals surface area contributed by atoms with E-state index in [1.54, 1.807) is 0 Å². The summed E-state index contributed by atoms with van der Waals surface area (Å²) in [6.45, 7) is 4.37. The Morgan fingerprint density at radius 3 is 2.55 bits per heavy atom. The lowest BCUT2D eigenvalue weighted by molar-refractivity contribution is -0.0461. The molecule has 3 nitrogen and oxygen atoms in total. The van der Waals surface area contributed by atoms with Crippen LogP contribution in [0.25, 0.3) is 0 Å². The molecule has 112 valence electrons. The van der Waals surface area contributed by atoms with Crippen LogP contribution in [0.2, 0.25) is 0 Å². The Hall–Kier alpha value is -2.29. The molecular formula is C19H20N2O. The molecular weight excluding hydrogens is 272 g/mol. The molecule has 0 fully saturated rings. The van der Waals surface area contributed by atoms with E-state index in [1.807, 2.05) is 12.1 Å². The predicted octanol–water partition coefficient (Wildman–Crippen LogP) is 4.21. The third-order valence-electron chi connectivity index (χ3n) is 4.41. The second kappa shape index (κ2) is 5.16. The van der Waals surface area contributed by atoms with E-state index < -0.39 is 0 Å². The van der Waals surface area contributed by atoms with Crippen molar-refractivity contribution in [2.24, 2.45) is 11.0 Å². The average molecular weight is 292 g/mol. The van der Waals surface area contributed by atoms with E-state index in [0.717, 1.165) is 17.9 Å². The fourth-order valence-corrected chi connectivity index (χ4v) is 3.31. The quantitative estimate of drug-likeness (QED) is 0.828. The Morgan fingerprint density at radius 1 is 1.05 bits per heavy atom. The van der Waals surface area contributed by atoms with E-state index in [-0.39, 0.29) is 12.3 Å². The van der Waals surface area contributed by atoms with Crippen LogP contribution in [0.3, 0.4) is 0 Å². The van der Waals surface area contributed by atoms with Gasteiger partial charge >= 0.3 is 0 Å². The lowest BCUT2D eigenvalue weighted by atomic mass is 9.95. The molecule has 2 aliphatic rings. The molecule has 0 radical (unpaired) electrons. The van der Waals surface area contributed by atoms with Crippen LogP contribution in [0.5, 0.6) is 5.75 Å². The second-order valence-electron chi connectivity index (χ2n) is 6.30. The third-order valence-corrected chi connectivity index (χ3v) is 4.41. The maximum Gasteiger partial charge on any atom is 0.190 e. The summed E-state index contributed by atoms with van der Waals surface area (Å²) in [6.07, 6.45) is 0.939. The van der Waals surface area contributed by atoms with Crippen molar-refractivity contribution >= 4 is 5.71 Å². The van der Waals surface area contributed by atoms with Gasteiger partial charge in [-0.25, -0.2) is 5.01 Å². The standard InChI is InChI=1S/C19H20N2O/c1-13(2)19-21-17(15-10-6-7-11-18(15)22-19)12-16(20-21)14-8-4-3-5-9-14/h3-11,13,17,19H,12H2,1-2H3/t17-,19+/m0/s1. The summed E-state index contributed by atoms with van der Waals surface area (Å²) >= 11 is 0. The summed E-state index contributed by atoms with van der Waals surface area (Å²) in [5.74, 6) is 1.39. The molecule has 0 saturated carbocycles. The number of hydrogen-bond donors (Lipinski definition) is 0. The number of rotatable bonds is 2. The molecule has 0 aromatic heterocycles. The van der Waals surface area contributed by atoms with Crippen LogP contribution >= 0.6 is 0 Å². The van der Waals surface area contributed by atoms with Crippen LogP contribution in [0.4, 0.5) is 0 Å².